The van der Waals surface area contributed by atoms with Crippen molar-refractivity contribution >= 4 is 0 Å². The number of hydrogen-bond acceptors (Lipinski definition) is 1. The number of halogens is 4. The summed E-state index contributed by atoms with van der Waals surface area (Å²) in [5, 5.41) is 8.80. The van der Waals surface area contributed by atoms with Crippen LogP contribution in [-0.2, 0) is 0 Å². The SMILES string of the molecule is Cc1cccc([C@H](O)C(F)(F)F)c1F. The van der Waals surface area contributed by atoms with Gasteiger partial charge in [-0.15, -0.1) is 0 Å². The van der Waals surface area contributed by atoms with Gasteiger partial charge in [-0.2, -0.15) is 13.2 Å². The zero-order chi connectivity index (χ0) is 10.9. The summed E-state index contributed by atoms with van der Waals surface area (Å²) in [6.07, 6.45) is -7.60. The minimum atomic E-state index is -4.84. The lowest BCUT2D eigenvalue weighted by Crippen LogP contribution is -2.21. The first kappa shape index (κ1) is 11.0. The number of aryl methyl sites for hydroxylation is 1. The van der Waals surface area contributed by atoms with Crippen LogP contribution in [0.4, 0.5) is 17.6 Å². The molecule has 0 bridgehead atoms. The van der Waals surface area contributed by atoms with E-state index >= 15 is 0 Å². The third-order valence-corrected chi connectivity index (χ3v) is 1.83. The minimum absolute atomic E-state index is 0.0748. The summed E-state index contributed by atoms with van der Waals surface area (Å²) in [6, 6.07) is 3.52. The van der Waals surface area contributed by atoms with Crippen LogP contribution in [-0.4, -0.2) is 11.3 Å². The lowest BCUT2D eigenvalue weighted by Gasteiger charge is -2.15. The van der Waals surface area contributed by atoms with Gasteiger partial charge in [-0.1, -0.05) is 18.2 Å². The standard InChI is InChI=1S/C9H8F4O/c1-5-3-2-4-6(7(5)10)8(14)9(11,12)13/h2-4,8,14H,1H3/t8-/m0/s1. The Bertz CT molecular complexity index is 332. The van der Waals surface area contributed by atoms with E-state index in [1.54, 1.807) is 0 Å². The Hall–Kier alpha value is -1.10. The second kappa shape index (κ2) is 3.57. The van der Waals surface area contributed by atoms with E-state index in [-0.39, 0.29) is 5.56 Å². The number of benzene rings is 1. The number of hydrogen-bond donors (Lipinski definition) is 1. The molecule has 14 heavy (non-hydrogen) atoms. The molecule has 1 N–H and O–H groups in total. The van der Waals surface area contributed by atoms with Gasteiger partial charge in [-0.25, -0.2) is 4.39 Å². The second-order valence-corrected chi connectivity index (χ2v) is 2.92. The van der Waals surface area contributed by atoms with Gasteiger partial charge in [0.2, 0.25) is 0 Å². The highest BCUT2D eigenvalue weighted by Gasteiger charge is 2.40. The van der Waals surface area contributed by atoms with E-state index in [0.29, 0.717) is 0 Å². The number of aliphatic hydroxyl groups excluding tert-OH is 1. The molecule has 1 rings (SSSR count). The Labute approximate surface area is 78.0 Å². The summed E-state index contributed by atoms with van der Waals surface area (Å²) < 4.78 is 49.2. The van der Waals surface area contributed by atoms with Crippen LogP contribution in [0, 0.1) is 12.7 Å². The van der Waals surface area contributed by atoms with Gasteiger partial charge in [0.1, 0.15) is 5.82 Å². The molecule has 0 radical (unpaired) electrons. The molecule has 0 spiro atoms. The lowest BCUT2D eigenvalue weighted by molar-refractivity contribution is -0.207. The number of rotatable bonds is 1. The fourth-order valence-corrected chi connectivity index (χ4v) is 1.06. The molecule has 0 aromatic heterocycles. The van der Waals surface area contributed by atoms with Gasteiger partial charge in [0.25, 0.3) is 0 Å². The average Bonchev–Trinajstić information content (AvgIpc) is 2.07. The normalized spacial score (nSPS) is 14.1. The highest BCUT2D eigenvalue weighted by atomic mass is 19.4. The van der Waals surface area contributed by atoms with Gasteiger partial charge in [-0.05, 0) is 12.5 Å². The Kier molecular flexibility index (Phi) is 2.80. The van der Waals surface area contributed by atoms with Gasteiger partial charge in [0.15, 0.2) is 6.10 Å². The molecule has 5 heteroatoms. The van der Waals surface area contributed by atoms with Crippen LogP contribution in [0.2, 0.25) is 0 Å². The van der Waals surface area contributed by atoms with Crippen molar-refractivity contribution in [3.63, 3.8) is 0 Å². The highest BCUT2D eigenvalue weighted by Crippen LogP contribution is 2.34. The van der Waals surface area contributed by atoms with E-state index in [0.717, 1.165) is 6.07 Å². The fraction of sp³-hybridized carbons (Fsp3) is 0.333. The Morgan fingerprint density at radius 1 is 1.29 bits per heavy atom. The Morgan fingerprint density at radius 3 is 2.36 bits per heavy atom. The van der Waals surface area contributed by atoms with E-state index in [1.165, 1.54) is 19.1 Å². The van der Waals surface area contributed by atoms with E-state index in [9.17, 15) is 17.6 Å². The molecule has 0 fully saturated rings. The average molecular weight is 208 g/mol. The molecule has 0 aliphatic heterocycles. The van der Waals surface area contributed by atoms with Crippen LogP contribution >= 0.6 is 0 Å². The van der Waals surface area contributed by atoms with Crippen molar-refractivity contribution in [1.29, 1.82) is 0 Å². The summed E-state index contributed by atoms with van der Waals surface area (Å²) >= 11 is 0. The summed E-state index contributed by atoms with van der Waals surface area (Å²) in [7, 11) is 0. The van der Waals surface area contributed by atoms with Crippen LogP contribution in [0.5, 0.6) is 0 Å². The number of alkyl halides is 3. The quantitative estimate of drug-likeness (QED) is 0.703. The van der Waals surface area contributed by atoms with Crippen molar-refractivity contribution in [2.24, 2.45) is 0 Å². The van der Waals surface area contributed by atoms with Gasteiger partial charge >= 0.3 is 6.18 Å². The molecule has 1 atom stereocenters. The summed E-state index contributed by atoms with van der Waals surface area (Å²) in [5.41, 5.74) is -0.664. The molecule has 78 valence electrons. The summed E-state index contributed by atoms with van der Waals surface area (Å²) in [5.74, 6) is -1.02. The largest absolute Gasteiger partial charge is 0.418 e. The maximum Gasteiger partial charge on any atom is 0.418 e. The maximum atomic E-state index is 13.1. The fourth-order valence-electron chi connectivity index (χ4n) is 1.06. The highest BCUT2D eigenvalue weighted by molar-refractivity contribution is 5.27. The van der Waals surface area contributed by atoms with Crippen molar-refractivity contribution in [2.45, 2.75) is 19.2 Å². The third kappa shape index (κ3) is 2.04. The van der Waals surface area contributed by atoms with Crippen LogP contribution in [0.15, 0.2) is 18.2 Å². The summed E-state index contributed by atoms with van der Waals surface area (Å²) in [6.45, 7) is 1.34. The van der Waals surface area contributed by atoms with Crippen molar-refractivity contribution < 1.29 is 22.7 Å². The van der Waals surface area contributed by atoms with E-state index in [2.05, 4.69) is 0 Å². The molecule has 0 unspecified atom stereocenters. The van der Waals surface area contributed by atoms with Crippen LogP contribution in [0.3, 0.4) is 0 Å². The molecule has 0 heterocycles. The van der Waals surface area contributed by atoms with E-state index < -0.39 is 23.7 Å². The Balaban J connectivity index is 3.14. The van der Waals surface area contributed by atoms with Gasteiger partial charge in [0.05, 0.1) is 0 Å². The maximum absolute atomic E-state index is 13.1. The zero-order valence-electron chi connectivity index (χ0n) is 7.27. The van der Waals surface area contributed by atoms with E-state index in [1.807, 2.05) is 0 Å². The first-order chi connectivity index (χ1) is 6.34. The Morgan fingerprint density at radius 2 is 1.86 bits per heavy atom. The van der Waals surface area contributed by atoms with Crippen molar-refractivity contribution in [2.75, 3.05) is 0 Å². The first-order valence-electron chi connectivity index (χ1n) is 3.84. The van der Waals surface area contributed by atoms with Gasteiger partial charge in [-0.3, -0.25) is 0 Å². The third-order valence-electron chi connectivity index (χ3n) is 1.83. The molecular formula is C9H8F4O. The molecule has 0 aliphatic rings. The monoisotopic (exact) mass is 208 g/mol. The topological polar surface area (TPSA) is 20.2 Å². The van der Waals surface area contributed by atoms with Crippen molar-refractivity contribution in [3.8, 4) is 0 Å². The second-order valence-electron chi connectivity index (χ2n) is 2.92. The molecule has 1 aromatic rings. The summed E-state index contributed by atoms with van der Waals surface area (Å²) in [4.78, 5) is 0. The zero-order valence-corrected chi connectivity index (χ0v) is 7.27. The van der Waals surface area contributed by atoms with Crippen molar-refractivity contribution in [3.05, 3.63) is 35.1 Å². The number of aliphatic hydroxyl groups is 1. The smallest absolute Gasteiger partial charge is 0.379 e. The van der Waals surface area contributed by atoms with Gasteiger partial charge < -0.3 is 5.11 Å². The molecule has 0 aliphatic carbocycles. The molecule has 1 aromatic carbocycles. The molecule has 0 saturated carbocycles. The predicted octanol–water partition coefficient (Wildman–Crippen LogP) is 2.73. The first-order valence-corrected chi connectivity index (χ1v) is 3.84. The predicted molar refractivity (Wildman–Crippen MR) is 42.2 cm³/mol. The lowest BCUT2D eigenvalue weighted by atomic mass is 10.1. The van der Waals surface area contributed by atoms with Crippen molar-refractivity contribution in [1.82, 2.24) is 0 Å². The molecular weight excluding hydrogens is 200 g/mol. The van der Waals surface area contributed by atoms with Crippen LogP contribution in [0.25, 0.3) is 0 Å². The molecule has 0 saturated heterocycles. The molecule has 0 amide bonds. The van der Waals surface area contributed by atoms with Crippen LogP contribution < -0.4 is 0 Å². The van der Waals surface area contributed by atoms with Crippen LogP contribution in [0.1, 0.15) is 17.2 Å². The molecule has 1 nitrogen and oxygen atoms in total. The van der Waals surface area contributed by atoms with E-state index in [4.69, 9.17) is 5.11 Å². The van der Waals surface area contributed by atoms with Gasteiger partial charge in [0, 0.05) is 5.56 Å². The minimum Gasteiger partial charge on any atom is -0.379 e.